The van der Waals surface area contributed by atoms with Gasteiger partial charge >= 0.3 is 0 Å². The van der Waals surface area contributed by atoms with Crippen molar-refractivity contribution in [1.82, 2.24) is 9.36 Å². The molecule has 16 heavy (non-hydrogen) atoms. The molecule has 0 bridgehead atoms. The van der Waals surface area contributed by atoms with Crippen LogP contribution in [0.1, 0.15) is 0 Å². The lowest BCUT2D eigenvalue weighted by atomic mass is 10.2. The van der Waals surface area contributed by atoms with Crippen molar-refractivity contribution >= 4 is 16.6 Å². The third-order valence-corrected chi connectivity index (χ3v) is 2.66. The molecule has 1 aromatic heterocycles. The Bertz CT molecular complexity index is 637. The van der Waals surface area contributed by atoms with Crippen LogP contribution in [0.3, 0.4) is 0 Å². The number of hydrogen-bond donors (Lipinski definition) is 1. The minimum absolute atomic E-state index is 0.0311. The number of aryl methyl sites for hydroxylation is 1. The van der Waals surface area contributed by atoms with Crippen LogP contribution in [-0.2, 0) is 14.1 Å². The average molecular weight is 221 g/mol. The Morgan fingerprint density at radius 3 is 2.62 bits per heavy atom. The van der Waals surface area contributed by atoms with Crippen LogP contribution in [0, 0.1) is 10.1 Å². The first-order valence-electron chi connectivity index (χ1n) is 4.60. The second-order valence-electron chi connectivity index (χ2n) is 3.46. The van der Waals surface area contributed by atoms with Crippen molar-refractivity contribution in [3.8, 4) is 0 Å². The molecule has 0 unspecified atom stereocenters. The van der Waals surface area contributed by atoms with E-state index in [1.165, 1.54) is 12.1 Å². The lowest BCUT2D eigenvalue weighted by Crippen LogP contribution is -2.20. The molecule has 2 aromatic rings. The van der Waals surface area contributed by atoms with Crippen molar-refractivity contribution in [2.75, 3.05) is 0 Å². The molecule has 0 fully saturated rings. The SMILES string of the molecule is Cn1c(=NN)c2cc([N+](=O)[O-])ccc2n1C. The van der Waals surface area contributed by atoms with Gasteiger partial charge in [-0.2, -0.15) is 5.10 Å². The number of fused-ring (bicyclic) bond motifs is 1. The molecule has 0 aliphatic rings. The van der Waals surface area contributed by atoms with E-state index in [2.05, 4.69) is 5.10 Å². The molecule has 1 heterocycles. The Morgan fingerprint density at radius 2 is 2.06 bits per heavy atom. The molecule has 2 N–H and O–H groups in total. The van der Waals surface area contributed by atoms with Crippen LogP contribution in [0.15, 0.2) is 23.3 Å². The summed E-state index contributed by atoms with van der Waals surface area (Å²) in [6, 6.07) is 4.62. The molecular formula is C9H11N5O2. The van der Waals surface area contributed by atoms with Gasteiger partial charge in [-0.1, -0.05) is 0 Å². The molecule has 0 radical (unpaired) electrons. The second-order valence-corrected chi connectivity index (χ2v) is 3.46. The number of rotatable bonds is 1. The van der Waals surface area contributed by atoms with Crippen LogP contribution in [0.25, 0.3) is 10.9 Å². The Morgan fingerprint density at radius 1 is 1.38 bits per heavy atom. The number of non-ortho nitro benzene ring substituents is 1. The van der Waals surface area contributed by atoms with Crippen molar-refractivity contribution < 1.29 is 4.92 Å². The topological polar surface area (TPSA) is 91.4 Å². The second kappa shape index (κ2) is 3.37. The highest BCUT2D eigenvalue weighted by atomic mass is 16.6. The zero-order valence-corrected chi connectivity index (χ0v) is 8.91. The zero-order chi connectivity index (χ0) is 11.9. The van der Waals surface area contributed by atoms with Crippen LogP contribution in [-0.4, -0.2) is 14.3 Å². The highest BCUT2D eigenvalue weighted by molar-refractivity contribution is 5.80. The van der Waals surface area contributed by atoms with Crippen molar-refractivity contribution in [3.05, 3.63) is 33.8 Å². The maximum atomic E-state index is 10.7. The Labute approximate surface area is 90.5 Å². The molecule has 0 aliphatic heterocycles. The van der Waals surface area contributed by atoms with Gasteiger partial charge in [0.05, 0.1) is 15.8 Å². The van der Waals surface area contributed by atoms with Crippen LogP contribution in [0.4, 0.5) is 5.69 Å². The van der Waals surface area contributed by atoms with Gasteiger partial charge in [-0.15, -0.1) is 0 Å². The van der Waals surface area contributed by atoms with Crippen molar-refractivity contribution in [3.63, 3.8) is 0 Å². The van der Waals surface area contributed by atoms with Crippen molar-refractivity contribution in [2.45, 2.75) is 0 Å². The first-order valence-corrected chi connectivity index (χ1v) is 4.60. The molecule has 0 saturated heterocycles. The molecular weight excluding hydrogens is 210 g/mol. The third kappa shape index (κ3) is 1.25. The van der Waals surface area contributed by atoms with Crippen molar-refractivity contribution in [2.24, 2.45) is 25.0 Å². The number of nitrogens with zero attached hydrogens (tertiary/aromatic N) is 4. The predicted octanol–water partition coefficient (Wildman–Crippen LogP) is 0.199. The van der Waals surface area contributed by atoms with E-state index in [1.807, 2.05) is 11.7 Å². The van der Waals surface area contributed by atoms with Gasteiger partial charge in [0.25, 0.3) is 5.69 Å². The van der Waals surface area contributed by atoms with Crippen LogP contribution >= 0.6 is 0 Å². The predicted molar refractivity (Wildman–Crippen MR) is 58.3 cm³/mol. The number of aromatic nitrogens is 2. The Kier molecular flexibility index (Phi) is 2.15. The standard InChI is InChI=1S/C9H11N5O2/c1-12-8-4-3-6(14(15)16)5-7(8)9(11-10)13(12)2/h3-5H,10H2,1-2H3. The Balaban J connectivity index is 2.93. The molecule has 84 valence electrons. The fourth-order valence-electron chi connectivity index (χ4n) is 1.73. The average Bonchev–Trinajstić information content (AvgIpc) is 2.51. The lowest BCUT2D eigenvalue weighted by Gasteiger charge is -1.99. The first-order chi connectivity index (χ1) is 7.56. The molecule has 7 nitrogen and oxygen atoms in total. The van der Waals surface area contributed by atoms with E-state index < -0.39 is 4.92 Å². The monoisotopic (exact) mass is 221 g/mol. The summed E-state index contributed by atoms with van der Waals surface area (Å²) in [4.78, 5) is 10.2. The molecule has 0 aliphatic carbocycles. The maximum Gasteiger partial charge on any atom is 0.270 e. The van der Waals surface area contributed by atoms with E-state index in [0.29, 0.717) is 10.9 Å². The molecule has 0 spiro atoms. The zero-order valence-electron chi connectivity index (χ0n) is 8.91. The number of nitro groups is 1. The normalized spacial score (nSPS) is 12.2. The van der Waals surface area contributed by atoms with Gasteiger partial charge in [0.1, 0.15) is 0 Å². The minimum Gasteiger partial charge on any atom is -0.321 e. The van der Waals surface area contributed by atoms with Gasteiger partial charge < -0.3 is 5.84 Å². The van der Waals surface area contributed by atoms with Gasteiger partial charge in [0.2, 0.25) is 0 Å². The summed E-state index contributed by atoms with van der Waals surface area (Å²) in [5.41, 5.74) is 1.39. The fourth-order valence-corrected chi connectivity index (χ4v) is 1.73. The largest absolute Gasteiger partial charge is 0.321 e. The summed E-state index contributed by atoms with van der Waals surface area (Å²) in [7, 11) is 3.63. The van der Waals surface area contributed by atoms with E-state index in [9.17, 15) is 10.1 Å². The van der Waals surface area contributed by atoms with E-state index >= 15 is 0 Å². The van der Waals surface area contributed by atoms with Gasteiger partial charge in [-0.25, -0.2) is 0 Å². The summed E-state index contributed by atoms with van der Waals surface area (Å²) in [6.45, 7) is 0. The Hall–Kier alpha value is -2.31. The van der Waals surface area contributed by atoms with Crippen LogP contribution in [0.5, 0.6) is 0 Å². The highest BCUT2D eigenvalue weighted by Gasteiger charge is 2.11. The van der Waals surface area contributed by atoms with Gasteiger partial charge in [-0.05, 0) is 6.07 Å². The molecule has 2 rings (SSSR count). The molecule has 7 heteroatoms. The number of nitro benzene ring substituents is 1. The number of nitrogens with two attached hydrogens (primary N) is 1. The summed E-state index contributed by atoms with van der Waals surface area (Å²) >= 11 is 0. The maximum absolute atomic E-state index is 10.7. The number of hydrogen-bond acceptors (Lipinski definition) is 4. The quantitative estimate of drug-likeness (QED) is 0.423. The van der Waals surface area contributed by atoms with E-state index in [-0.39, 0.29) is 5.69 Å². The lowest BCUT2D eigenvalue weighted by molar-refractivity contribution is -0.384. The molecule has 0 amide bonds. The fraction of sp³-hybridized carbons (Fsp3) is 0.222. The minimum atomic E-state index is -0.438. The summed E-state index contributed by atoms with van der Waals surface area (Å²) < 4.78 is 3.55. The smallest absolute Gasteiger partial charge is 0.270 e. The summed E-state index contributed by atoms with van der Waals surface area (Å²) in [6.07, 6.45) is 0. The highest BCUT2D eigenvalue weighted by Crippen LogP contribution is 2.17. The van der Waals surface area contributed by atoms with Gasteiger partial charge in [0.15, 0.2) is 5.49 Å². The van der Waals surface area contributed by atoms with Gasteiger partial charge in [-0.3, -0.25) is 19.5 Å². The third-order valence-electron chi connectivity index (χ3n) is 2.66. The summed E-state index contributed by atoms with van der Waals surface area (Å²) in [5, 5.41) is 15.0. The van der Waals surface area contributed by atoms with Crippen LogP contribution in [0.2, 0.25) is 0 Å². The van der Waals surface area contributed by atoms with Gasteiger partial charge in [0, 0.05) is 26.2 Å². The molecule has 0 atom stereocenters. The summed E-state index contributed by atoms with van der Waals surface area (Å²) in [5.74, 6) is 5.28. The molecule has 1 aromatic carbocycles. The van der Waals surface area contributed by atoms with Crippen molar-refractivity contribution in [1.29, 1.82) is 0 Å². The van der Waals surface area contributed by atoms with E-state index in [4.69, 9.17) is 5.84 Å². The van der Waals surface area contributed by atoms with E-state index in [0.717, 1.165) is 5.52 Å². The van der Waals surface area contributed by atoms with E-state index in [1.54, 1.807) is 17.8 Å². The molecule has 0 saturated carbocycles. The van der Waals surface area contributed by atoms with Crippen LogP contribution < -0.4 is 11.3 Å². The first kappa shape index (κ1) is 10.2. The number of benzene rings is 1.